The number of likely N-dealkylation sites (N-methyl/N-ethyl adjacent to an activating group) is 1. The van der Waals surface area contributed by atoms with E-state index < -0.39 is 18.4 Å². The second-order valence-electron chi connectivity index (χ2n) is 7.68. The van der Waals surface area contributed by atoms with Crippen molar-refractivity contribution in [3.63, 3.8) is 0 Å². The van der Waals surface area contributed by atoms with Gasteiger partial charge in [-0.3, -0.25) is 9.69 Å². The fourth-order valence-electron chi connectivity index (χ4n) is 3.86. The van der Waals surface area contributed by atoms with Crippen molar-refractivity contribution in [2.24, 2.45) is 0 Å². The molecule has 0 atom stereocenters. The van der Waals surface area contributed by atoms with E-state index in [4.69, 9.17) is 0 Å². The van der Waals surface area contributed by atoms with Gasteiger partial charge in [-0.1, -0.05) is 12.1 Å². The Morgan fingerprint density at radius 2 is 1.97 bits per heavy atom. The third kappa shape index (κ3) is 4.35. The summed E-state index contributed by atoms with van der Waals surface area (Å²) in [6.07, 6.45) is 0.545. The van der Waals surface area contributed by atoms with Gasteiger partial charge in [0.2, 0.25) is 12.4 Å². The first kappa shape index (κ1) is 20.5. The molecule has 2 aliphatic rings. The topological polar surface area (TPSA) is 55.5 Å². The molecule has 1 N–H and O–H groups in total. The van der Waals surface area contributed by atoms with Gasteiger partial charge in [0, 0.05) is 46.3 Å². The first-order chi connectivity index (χ1) is 14.4. The number of nitrogens with one attached hydrogen (secondary N) is 1. The highest BCUT2D eigenvalue weighted by atomic mass is 19.3. The smallest absolute Gasteiger partial charge is 0.270 e. The fourth-order valence-corrected chi connectivity index (χ4v) is 3.86. The van der Waals surface area contributed by atoms with Crippen LogP contribution in [0.1, 0.15) is 11.3 Å². The maximum atomic E-state index is 14.4. The quantitative estimate of drug-likeness (QED) is 0.755. The van der Waals surface area contributed by atoms with Crippen LogP contribution in [0.3, 0.4) is 0 Å². The number of benzene rings is 1. The summed E-state index contributed by atoms with van der Waals surface area (Å²) in [7, 11) is 1.74. The van der Waals surface area contributed by atoms with Crippen molar-refractivity contribution in [2.45, 2.75) is 19.4 Å². The molecule has 1 saturated heterocycles. The summed E-state index contributed by atoms with van der Waals surface area (Å²) in [5, 5.41) is 0. The first-order valence-electron chi connectivity index (χ1n) is 9.95. The van der Waals surface area contributed by atoms with Crippen LogP contribution in [0.4, 0.5) is 13.2 Å². The van der Waals surface area contributed by atoms with Gasteiger partial charge in [0.1, 0.15) is 5.69 Å². The number of hydrogen-bond donors (Lipinski definition) is 1. The molecular formula is C21H24F3N5O. The lowest BCUT2D eigenvalue weighted by Gasteiger charge is -2.38. The van der Waals surface area contributed by atoms with E-state index in [1.54, 1.807) is 18.0 Å². The lowest BCUT2D eigenvalue weighted by atomic mass is 10.1. The summed E-state index contributed by atoms with van der Waals surface area (Å²) in [5.74, 6) is -0.192. The second-order valence-corrected chi connectivity index (χ2v) is 7.68. The molecule has 4 rings (SSSR count). The van der Waals surface area contributed by atoms with Crippen LogP contribution in [0.5, 0.6) is 0 Å². The number of halogens is 3. The SMILES string of the molecule is CN1CC=CC(N2CCN(Cc3ccc4nc(CC(F)F)c(=O)[nH]c4c3)CC2)=C1F. The van der Waals surface area contributed by atoms with Crippen molar-refractivity contribution in [3.05, 3.63) is 63.6 Å². The average Bonchev–Trinajstić information content (AvgIpc) is 2.71. The summed E-state index contributed by atoms with van der Waals surface area (Å²) in [5.41, 5.74) is 1.95. The predicted octanol–water partition coefficient (Wildman–Crippen LogP) is 2.49. The molecule has 0 amide bonds. The van der Waals surface area contributed by atoms with Crippen molar-refractivity contribution in [1.82, 2.24) is 24.7 Å². The summed E-state index contributed by atoms with van der Waals surface area (Å²) >= 11 is 0. The molecule has 0 spiro atoms. The van der Waals surface area contributed by atoms with E-state index in [-0.39, 0.29) is 11.6 Å². The fraction of sp³-hybridized carbons (Fsp3) is 0.429. The maximum Gasteiger partial charge on any atom is 0.270 e. The molecule has 0 saturated carbocycles. The van der Waals surface area contributed by atoms with E-state index in [2.05, 4.69) is 19.8 Å². The second kappa shape index (κ2) is 8.51. The Balaban J connectivity index is 1.42. The summed E-state index contributed by atoms with van der Waals surface area (Å²) in [6.45, 7) is 4.29. The molecular weight excluding hydrogens is 395 g/mol. The number of hydrogen-bond acceptors (Lipinski definition) is 5. The number of fused-ring (bicyclic) bond motifs is 1. The molecule has 0 bridgehead atoms. The van der Waals surface area contributed by atoms with E-state index in [0.717, 1.165) is 31.7 Å². The molecule has 6 nitrogen and oxygen atoms in total. The van der Waals surface area contributed by atoms with Gasteiger partial charge in [-0.2, -0.15) is 4.39 Å². The third-order valence-electron chi connectivity index (χ3n) is 5.49. The van der Waals surface area contributed by atoms with E-state index in [1.165, 1.54) is 0 Å². The van der Waals surface area contributed by atoms with Gasteiger partial charge < -0.3 is 14.8 Å². The lowest BCUT2D eigenvalue weighted by Crippen LogP contribution is -2.46. The Morgan fingerprint density at radius 3 is 2.70 bits per heavy atom. The lowest BCUT2D eigenvalue weighted by molar-refractivity contribution is 0.147. The van der Waals surface area contributed by atoms with Crippen LogP contribution in [-0.2, 0) is 13.0 Å². The molecule has 1 aromatic heterocycles. The molecule has 1 fully saturated rings. The molecule has 3 heterocycles. The number of H-pyrrole nitrogens is 1. The number of allylic oxidation sites excluding steroid dienone is 1. The maximum absolute atomic E-state index is 14.4. The minimum atomic E-state index is -2.61. The van der Waals surface area contributed by atoms with Gasteiger partial charge in [0.15, 0.2) is 0 Å². The Hall–Kier alpha value is -2.81. The summed E-state index contributed by atoms with van der Waals surface area (Å²) < 4.78 is 39.5. The minimum Gasteiger partial charge on any atom is -0.365 e. The summed E-state index contributed by atoms with van der Waals surface area (Å²) in [6, 6.07) is 5.48. The van der Waals surface area contributed by atoms with Crippen molar-refractivity contribution in [3.8, 4) is 0 Å². The van der Waals surface area contributed by atoms with Gasteiger partial charge in [0.25, 0.3) is 5.56 Å². The third-order valence-corrected chi connectivity index (χ3v) is 5.49. The van der Waals surface area contributed by atoms with Gasteiger partial charge in [0.05, 0.1) is 23.2 Å². The van der Waals surface area contributed by atoms with Gasteiger partial charge >= 0.3 is 0 Å². The van der Waals surface area contributed by atoms with Crippen molar-refractivity contribution in [1.29, 1.82) is 0 Å². The molecule has 30 heavy (non-hydrogen) atoms. The highest BCUT2D eigenvalue weighted by Crippen LogP contribution is 2.22. The van der Waals surface area contributed by atoms with Crippen molar-refractivity contribution in [2.75, 3.05) is 39.8 Å². The first-order valence-corrected chi connectivity index (χ1v) is 9.95. The zero-order valence-corrected chi connectivity index (χ0v) is 16.7. The normalized spacial score (nSPS) is 18.2. The monoisotopic (exact) mass is 419 g/mol. The Bertz CT molecular complexity index is 1040. The van der Waals surface area contributed by atoms with E-state index in [9.17, 15) is 18.0 Å². The molecule has 0 radical (unpaired) electrons. The highest BCUT2D eigenvalue weighted by molar-refractivity contribution is 5.74. The Labute approximate surface area is 172 Å². The van der Waals surface area contributed by atoms with Crippen LogP contribution in [0.2, 0.25) is 0 Å². The molecule has 160 valence electrons. The molecule has 1 aromatic carbocycles. The van der Waals surface area contributed by atoms with E-state index in [0.29, 0.717) is 29.8 Å². The number of nitrogens with zero attached hydrogens (tertiary/aromatic N) is 4. The largest absolute Gasteiger partial charge is 0.365 e. The van der Waals surface area contributed by atoms with Gasteiger partial charge in [-0.25, -0.2) is 13.8 Å². The van der Waals surface area contributed by atoms with Gasteiger partial charge in [-0.15, -0.1) is 0 Å². The molecule has 2 aromatic rings. The van der Waals surface area contributed by atoms with Crippen LogP contribution in [0.25, 0.3) is 11.0 Å². The van der Waals surface area contributed by atoms with Crippen LogP contribution in [0.15, 0.2) is 46.8 Å². The van der Waals surface area contributed by atoms with Crippen LogP contribution in [0, 0.1) is 0 Å². The number of aromatic amines is 1. The number of alkyl halides is 2. The minimum absolute atomic E-state index is 0.148. The molecule has 0 aliphatic carbocycles. The van der Waals surface area contributed by atoms with Crippen LogP contribution in [-0.4, -0.2) is 70.9 Å². The molecule has 2 aliphatic heterocycles. The zero-order chi connectivity index (χ0) is 21.3. The summed E-state index contributed by atoms with van der Waals surface area (Å²) in [4.78, 5) is 24.7. The zero-order valence-electron chi connectivity index (χ0n) is 16.7. The standard InChI is InChI=1S/C21H24F3N5O/c1-27-6-2-3-18(20(27)24)29-9-7-28(8-10-29)13-14-4-5-15-16(11-14)26-21(30)17(25-15)12-19(22)23/h2-5,11,19H,6-10,12-13H2,1H3,(H,26,30). The van der Waals surface area contributed by atoms with Crippen molar-refractivity contribution >= 4 is 11.0 Å². The van der Waals surface area contributed by atoms with Crippen LogP contribution >= 0.6 is 0 Å². The number of rotatable bonds is 5. The van der Waals surface area contributed by atoms with Gasteiger partial charge in [-0.05, 0) is 23.8 Å². The Morgan fingerprint density at radius 1 is 1.20 bits per heavy atom. The van der Waals surface area contributed by atoms with Crippen LogP contribution < -0.4 is 5.56 Å². The predicted molar refractivity (Wildman–Crippen MR) is 109 cm³/mol. The molecule has 9 heteroatoms. The average molecular weight is 419 g/mol. The number of aromatic nitrogens is 2. The van der Waals surface area contributed by atoms with E-state index >= 15 is 0 Å². The molecule has 0 unspecified atom stereocenters. The number of piperazine rings is 1. The highest BCUT2D eigenvalue weighted by Gasteiger charge is 2.23. The Kier molecular flexibility index (Phi) is 5.80. The van der Waals surface area contributed by atoms with Crippen molar-refractivity contribution < 1.29 is 13.2 Å². The van der Waals surface area contributed by atoms with E-state index in [1.807, 2.05) is 24.3 Å².